The van der Waals surface area contributed by atoms with E-state index in [4.69, 9.17) is 4.74 Å². The minimum atomic E-state index is -0.408. The maximum atomic E-state index is 11.6. The monoisotopic (exact) mass is 254 g/mol. The van der Waals surface area contributed by atoms with Crippen LogP contribution in [0, 0.1) is 0 Å². The van der Waals surface area contributed by atoms with Crippen molar-refractivity contribution in [2.75, 3.05) is 11.9 Å². The molecule has 0 spiro atoms. The van der Waals surface area contributed by atoms with Gasteiger partial charge in [0, 0.05) is 12.3 Å². The number of hydrogen-bond acceptors (Lipinski definition) is 5. The highest BCUT2D eigenvalue weighted by molar-refractivity contribution is 7.14. The first kappa shape index (κ1) is 13.4. The smallest absolute Gasteiger partial charge is 0.340 e. The summed E-state index contributed by atoms with van der Waals surface area (Å²) in [6, 6.07) is 0. The molecule has 1 amide bonds. The molecule has 17 heavy (non-hydrogen) atoms. The van der Waals surface area contributed by atoms with Crippen molar-refractivity contribution in [1.82, 2.24) is 4.98 Å². The molecule has 0 radical (unpaired) electrons. The van der Waals surface area contributed by atoms with E-state index in [1.807, 2.05) is 0 Å². The van der Waals surface area contributed by atoms with Crippen LogP contribution in [0.5, 0.6) is 0 Å². The summed E-state index contributed by atoms with van der Waals surface area (Å²) >= 11 is 1.27. The van der Waals surface area contributed by atoms with Crippen LogP contribution in [-0.4, -0.2) is 23.5 Å². The summed E-state index contributed by atoms with van der Waals surface area (Å²) in [7, 11) is 0. The average Bonchev–Trinajstić information content (AvgIpc) is 2.67. The summed E-state index contributed by atoms with van der Waals surface area (Å²) in [4.78, 5) is 26.6. The van der Waals surface area contributed by atoms with E-state index >= 15 is 0 Å². The number of thiazole rings is 1. The predicted octanol–water partition coefficient (Wildman–Crippen LogP) is 2.07. The molecule has 5 nitrogen and oxygen atoms in total. The topological polar surface area (TPSA) is 68.3 Å². The van der Waals surface area contributed by atoms with Crippen LogP contribution in [0.3, 0.4) is 0 Å². The van der Waals surface area contributed by atoms with Gasteiger partial charge in [0.2, 0.25) is 5.91 Å². The fourth-order valence-electron chi connectivity index (χ4n) is 1.18. The molecule has 6 heteroatoms. The Morgan fingerprint density at radius 1 is 1.59 bits per heavy atom. The lowest BCUT2D eigenvalue weighted by Gasteiger charge is -2.02. The summed E-state index contributed by atoms with van der Waals surface area (Å²) in [5.41, 5.74) is 0.916. The summed E-state index contributed by atoms with van der Waals surface area (Å²) in [6.45, 7) is 5.21. The number of nitrogens with zero attached hydrogens (tertiary/aromatic N) is 1. The Bertz CT molecular complexity index is 451. The highest BCUT2D eigenvalue weighted by Crippen LogP contribution is 2.22. The Morgan fingerprint density at radius 3 is 2.82 bits per heavy atom. The fourth-order valence-corrected chi connectivity index (χ4v) is 1.94. The van der Waals surface area contributed by atoms with Gasteiger partial charge < -0.3 is 10.1 Å². The van der Waals surface area contributed by atoms with Gasteiger partial charge in [-0.2, -0.15) is 0 Å². The molecule has 0 bridgehead atoms. The second-order valence-corrected chi connectivity index (χ2v) is 4.00. The summed E-state index contributed by atoms with van der Waals surface area (Å²) in [5.74, 6) is -0.598. The molecule has 1 aromatic heterocycles. The molecule has 1 rings (SSSR count). The van der Waals surface area contributed by atoms with Crippen LogP contribution in [0.25, 0.3) is 5.57 Å². The van der Waals surface area contributed by atoms with Crippen molar-refractivity contribution < 1.29 is 14.3 Å². The number of allylic oxidation sites excluding steroid dienone is 1. The van der Waals surface area contributed by atoms with Gasteiger partial charge in [0.25, 0.3) is 0 Å². The maximum Gasteiger partial charge on any atom is 0.340 e. The first-order valence-electron chi connectivity index (χ1n) is 5.15. The third-order valence-corrected chi connectivity index (χ3v) is 2.60. The Kier molecular flexibility index (Phi) is 4.84. The van der Waals surface area contributed by atoms with Crippen LogP contribution < -0.4 is 5.32 Å². The number of amides is 1. The first-order valence-corrected chi connectivity index (χ1v) is 6.03. The second kappa shape index (κ2) is 6.15. The molecule has 1 heterocycles. The molecular formula is C11H14N2O3S. The van der Waals surface area contributed by atoms with Gasteiger partial charge in [-0.15, -0.1) is 11.3 Å². The van der Waals surface area contributed by atoms with Crippen LogP contribution in [0.2, 0.25) is 0 Å². The third kappa shape index (κ3) is 3.67. The normalized spacial score (nSPS) is 11.1. The first-order chi connectivity index (χ1) is 8.08. The largest absolute Gasteiger partial charge is 0.462 e. The Labute approximate surface area is 104 Å². The number of esters is 1. The molecule has 0 aromatic carbocycles. The summed E-state index contributed by atoms with van der Waals surface area (Å²) in [5, 5.41) is 4.74. The minimum absolute atomic E-state index is 0.191. The third-order valence-electron chi connectivity index (χ3n) is 1.85. The summed E-state index contributed by atoms with van der Waals surface area (Å²) in [6.07, 6.45) is 1.64. The van der Waals surface area contributed by atoms with Gasteiger partial charge in [0.15, 0.2) is 5.13 Å². The minimum Gasteiger partial charge on any atom is -0.462 e. The van der Waals surface area contributed by atoms with Crippen molar-refractivity contribution in [2.45, 2.75) is 20.8 Å². The molecule has 1 N–H and O–H groups in total. The molecule has 0 fully saturated rings. The zero-order valence-corrected chi connectivity index (χ0v) is 10.8. The van der Waals surface area contributed by atoms with E-state index in [1.54, 1.807) is 25.3 Å². The molecule has 1 aromatic rings. The van der Waals surface area contributed by atoms with Crippen LogP contribution in [0.15, 0.2) is 11.5 Å². The Balaban J connectivity index is 2.87. The van der Waals surface area contributed by atoms with E-state index < -0.39 is 5.97 Å². The van der Waals surface area contributed by atoms with E-state index in [-0.39, 0.29) is 5.91 Å². The van der Waals surface area contributed by atoms with Crippen LogP contribution >= 0.6 is 11.3 Å². The fraction of sp³-hybridized carbons (Fsp3) is 0.364. The number of carbonyl (C=O) groups is 2. The van der Waals surface area contributed by atoms with E-state index in [1.165, 1.54) is 18.3 Å². The Hall–Kier alpha value is -1.69. The van der Waals surface area contributed by atoms with E-state index in [0.29, 0.717) is 23.0 Å². The van der Waals surface area contributed by atoms with Gasteiger partial charge in [-0.3, -0.25) is 4.79 Å². The van der Waals surface area contributed by atoms with Crippen molar-refractivity contribution in [1.29, 1.82) is 0 Å². The number of ether oxygens (including phenoxy) is 1. The quantitative estimate of drug-likeness (QED) is 0.659. The molecular weight excluding hydrogens is 240 g/mol. The highest BCUT2D eigenvalue weighted by atomic mass is 32.1. The van der Waals surface area contributed by atoms with Crippen molar-refractivity contribution in [3.63, 3.8) is 0 Å². The number of anilines is 1. The van der Waals surface area contributed by atoms with Crippen LogP contribution in [0.4, 0.5) is 5.13 Å². The number of nitrogens with one attached hydrogen (secondary N) is 1. The maximum absolute atomic E-state index is 11.6. The standard InChI is InChI=1S/C11H14N2O3S/c1-4-8(10(15)16-5-2)9-6-17-11(13-9)12-7(3)14/h4,6H,5H2,1-3H3,(H,12,13,14)/b8-4-. The summed E-state index contributed by atoms with van der Waals surface area (Å²) < 4.78 is 4.91. The average molecular weight is 254 g/mol. The predicted molar refractivity (Wildman–Crippen MR) is 66.7 cm³/mol. The zero-order chi connectivity index (χ0) is 12.8. The van der Waals surface area contributed by atoms with Gasteiger partial charge in [0.05, 0.1) is 17.9 Å². The lowest BCUT2D eigenvalue weighted by atomic mass is 10.2. The molecule has 0 aliphatic carbocycles. The molecule has 0 atom stereocenters. The number of hydrogen-bond donors (Lipinski definition) is 1. The molecule has 0 aliphatic heterocycles. The second-order valence-electron chi connectivity index (χ2n) is 3.14. The molecule has 0 aliphatic rings. The van der Waals surface area contributed by atoms with Crippen molar-refractivity contribution in [3.8, 4) is 0 Å². The van der Waals surface area contributed by atoms with Crippen molar-refractivity contribution >= 4 is 33.9 Å². The molecule has 0 saturated heterocycles. The van der Waals surface area contributed by atoms with Crippen molar-refractivity contribution in [3.05, 3.63) is 17.2 Å². The van der Waals surface area contributed by atoms with E-state index in [9.17, 15) is 9.59 Å². The van der Waals surface area contributed by atoms with E-state index in [2.05, 4.69) is 10.3 Å². The van der Waals surface area contributed by atoms with Gasteiger partial charge in [-0.25, -0.2) is 9.78 Å². The lowest BCUT2D eigenvalue weighted by molar-refractivity contribution is -0.136. The SMILES string of the molecule is C/C=C(\C(=O)OCC)c1csc(NC(C)=O)n1. The van der Waals surface area contributed by atoms with Gasteiger partial charge in [-0.1, -0.05) is 6.08 Å². The van der Waals surface area contributed by atoms with Gasteiger partial charge in [0.1, 0.15) is 0 Å². The van der Waals surface area contributed by atoms with Crippen molar-refractivity contribution in [2.24, 2.45) is 0 Å². The van der Waals surface area contributed by atoms with Gasteiger partial charge in [-0.05, 0) is 13.8 Å². The highest BCUT2D eigenvalue weighted by Gasteiger charge is 2.15. The number of carbonyl (C=O) groups excluding carboxylic acids is 2. The van der Waals surface area contributed by atoms with Gasteiger partial charge >= 0.3 is 5.97 Å². The lowest BCUT2D eigenvalue weighted by Crippen LogP contribution is -2.08. The zero-order valence-electron chi connectivity index (χ0n) is 9.94. The number of aromatic nitrogens is 1. The number of rotatable bonds is 4. The molecule has 0 unspecified atom stereocenters. The molecule has 0 saturated carbocycles. The Morgan fingerprint density at radius 2 is 2.29 bits per heavy atom. The van der Waals surface area contributed by atoms with E-state index in [0.717, 1.165) is 0 Å². The molecule has 92 valence electrons. The van der Waals surface area contributed by atoms with Crippen LogP contribution in [-0.2, 0) is 14.3 Å². The van der Waals surface area contributed by atoms with Crippen LogP contribution in [0.1, 0.15) is 26.5 Å².